The van der Waals surface area contributed by atoms with Crippen LogP contribution in [0.15, 0.2) is 47.7 Å². The third-order valence-electron chi connectivity index (χ3n) is 4.60. The van der Waals surface area contributed by atoms with Crippen molar-refractivity contribution in [3.8, 4) is 0 Å². The fraction of sp³-hybridized carbons (Fsp3) is 0.400. The minimum atomic E-state index is -0.0582. The van der Waals surface area contributed by atoms with Crippen LogP contribution in [-0.4, -0.2) is 66.5 Å². The Morgan fingerprint density at radius 1 is 1.10 bits per heavy atom. The Balaban J connectivity index is 0.00000300. The molecule has 3 rings (SSSR count). The summed E-state index contributed by atoms with van der Waals surface area (Å²) in [5.74, 6) is 1.65. The first-order valence-corrected chi connectivity index (χ1v) is 9.50. The Hall–Kier alpha value is -2.43. The van der Waals surface area contributed by atoms with E-state index >= 15 is 0 Å². The molecule has 1 aliphatic rings. The molecule has 1 aromatic heterocycles. The molecule has 9 heteroatoms. The second-order valence-electron chi connectivity index (χ2n) is 6.62. The molecule has 2 aromatic rings. The van der Waals surface area contributed by atoms with Crippen molar-refractivity contribution in [1.82, 2.24) is 20.2 Å². The van der Waals surface area contributed by atoms with Crippen molar-refractivity contribution >= 4 is 47.5 Å². The van der Waals surface area contributed by atoms with E-state index in [1.54, 1.807) is 12.4 Å². The largest absolute Gasteiger partial charge is 0.356 e. The number of amides is 1. The van der Waals surface area contributed by atoms with Gasteiger partial charge in [0, 0.05) is 64.8 Å². The summed E-state index contributed by atoms with van der Waals surface area (Å²) in [6.07, 6.45) is 4.44. The number of carbonyl (C=O) groups is 1. The van der Waals surface area contributed by atoms with Crippen LogP contribution in [0.2, 0.25) is 0 Å². The SMILES string of the molecule is CN=C(NCCc1ccc(NC(C)=O)cc1)N1CCN(c2ncccn2)CC1.I. The highest BCUT2D eigenvalue weighted by molar-refractivity contribution is 14.0. The normalized spacial score (nSPS) is 14.2. The molecule has 29 heavy (non-hydrogen) atoms. The van der Waals surface area contributed by atoms with Crippen LogP contribution in [0.3, 0.4) is 0 Å². The summed E-state index contributed by atoms with van der Waals surface area (Å²) in [7, 11) is 1.82. The van der Waals surface area contributed by atoms with Crippen LogP contribution in [0.5, 0.6) is 0 Å². The number of carbonyl (C=O) groups excluding carboxylic acids is 1. The number of nitrogens with zero attached hydrogens (tertiary/aromatic N) is 5. The minimum Gasteiger partial charge on any atom is -0.356 e. The standard InChI is InChI=1S/C20H27N7O.HI/c1-16(28)25-18-6-4-17(5-7-18)8-11-24-19(21-2)26-12-14-27(15-13-26)20-22-9-3-10-23-20;/h3-7,9-10H,8,11-15H2,1-2H3,(H,21,24)(H,25,28);1H. The van der Waals surface area contributed by atoms with Gasteiger partial charge < -0.3 is 20.4 Å². The fourth-order valence-electron chi connectivity index (χ4n) is 3.18. The van der Waals surface area contributed by atoms with Crippen LogP contribution >= 0.6 is 24.0 Å². The van der Waals surface area contributed by atoms with E-state index in [-0.39, 0.29) is 29.9 Å². The molecule has 0 unspecified atom stereocenters. The third kappa shape index (κ3) is 6.84. The highest BCUT2D eigenvalue weighted by Gasteiger charge is 2.20. The summed E-state index contributed by atoms with van der Waals surface area (Å²) in [6, 6.07) is 9.76. The van der Waals surface area contributed by atoms with Crippen molar-refractivity contribution in [1.29, 1.82) is 0 Å². The molecule has 0 spiro atoms. The molecule has 2 N–H and O–H groups in total. The number of guanidine groups is 1. The third-order valence-corrected chi connectivity index (χ3v) is 4.60. The number of anilines is 2. The van der Waals surface area contributed by atoms with Crippen molar-refractivity contribution in [3.63, 3.8) is 0 Å². The molecule has 0 saturated carbocycles. The number of hydrogen-bond donors (Lipinski definition) is 2. The number of aliphatic imine (C=N–C) groups is 1. The van der Waals surface area contributed by atoms with Crippen molar-refractivity contribution in [2.24, 2.45) is 4.99 Å². The number of rotatable bonds is 5. The van der Waals surface area contributed by atoms with Gasteiger partial charge in [-0.05, 0) is 30.2 Å². The van der Waals surface area contributed by atoms with Crippen molar-refractivity contribution in [2.45, 2.75) is 13.3 Å². The highest BCUT2D eigenvalue weighted by Crippen LogP contribution is 2.11. The van der Waals surface area contributed by atoms with Gasteiger partial charge in [-0.1, -0.05) is 12.1 Å². The second-order valence-corrected chi connectivity index (χ2v) is 6.62. The van der Waals surface area contributed by atoms with Crippen LogP contribution in [0, 0.1) is 0 Å². The van der Waals surface area contributed by atoms with E-state index < -0.39 is 0 Å². The van der Waals surface area contributed by atoms with E-state index in [2.05, 4.69) is 35.4 Å². The van der Waals surface area contributed by atoms with Gasteiger partial charge in [0.05, 0.1) is 0 Å². The molecule has 1 aromatic carbocycles. The number of hydrogen-bond acceptors (Lipinski definition) is 5. The Bertz CT molecular complexity index is 790. The predicted octanol–water partition coefficient (Wildman–Crippen LogP) is 1.99. The number of piperazine rings is 1. The van der Waals surface area contributed by atoms with Gasteiger partial charge >= 0.3 is 0 Å². The molecule has 1 amide bonds. The summed E-state index contributed by atoms with van der Waals surface area (Å²) in [6.45, 7) is 5.81. The lowest BCUT2D eigenvalue weighted by Gasteiger charge is -2.36. The van der Waals surface area contributed by atoms with Gasteiger partial charge in [0.1, 0.15) is 0 Å². The summed E-state index contributed by atoms with van der Waals surface area (Å²) in [5.41, 5.74) is 2.03. The van der Waals surface area contributed by atoms with Crippen LogP contribution in [0.25, 0.3) is 0 Å². The average Bonchev–Trinajstić information content (AvgIpc) is 2.73. The number of nitrogens with one attached hydrogen (secondary N) is 2. The van der Waals surface area contributed by atoms with Crippen LogP contribution in [0.4, 0.5) is 11.6 Å². The van der Waals surface area contributed by atoms with Gasteiger partial charge in [0.2, 0.25) is 11.9 Å². The lowest BCUT2D eigenvalue weighted by atomic mass is 10.1. The fourth-order valence-corrected chi connectivity index (χ4v) is 3.18. The first-order valence-electron chi connectivity index (χ1n) is 9.50. The predicted molar refractivity (Wildman–Crippen MR) is 127 cm³/mol. The topological polar surface area (TPSA) is 85.8 Å². The molecule has 1 fully saturated rings. The zero-order chi connectivity index (χ0) is 19.8. The Morgan fingerprint density at radius 2 is 1.76 bits per heavy atom. The molecule has 0 aliphatic carbocycles. The summed E-state index contributed by atoms with van der Waals surface area (Å²) < 4.78 is 0. The number of halogens is 1. The molecule has 0 bridgehead atoms. The van der Waals surface area contributed by atoms with E-state index in [1.165, 1.54) is 12.5 Å². The first kappa shape index (κ1) is 22.9. The maximum Gasteiger partial charge on any atom is 0.225 e. The Kier molecular flexibility index (Phi) is 9.10. The summed E-state index contributed by atoms with van der Waals surface area (Å²) in [5, 5.41) is 6.23. The average molecular weight is 509 g/mol. The highest BCUT2D eigenvalue weighted by atomic mass is 127. The van der Waals surface area contributed by atoms with E-state index in [1.807, 2.05) is 37.4 Å². The monoisotopic (exact) mass is 509 g/mol. The molecule has 0 atom stereocenters. The molecular weight excluding hydrogens is 481 g/mol. The molecule has 8 nitrogen and oxygen atoms in total. The zero-order valence-electron chi connectivity index (χ0n) is 16.8. The molecule has 0 radical (unpaired) electrons. The Morgan fingerprint density at radius 3 is 2.34 bits per heavy atom. The summed E-state index contributed by atoms with van der Waals surface area (Å²) >= 11 is 0. The lowest BCUT2D eigenvalue weighted by molar-refractivity contribution is -0.114. The lowest BCUT2D eigenvalue weighted by Crippen LogP contribution is -2.53. The molecule has 2 heterocycles. The molecule has 1 saturated heterocycles. The second kappa shape index (κ2) is 11.5. The van der Waals surface area contributed by atoms with Crippen molar-refractivity contribution in [2.75, 3.05) is 50.0 Å². The number of benzene rings is 1. The smallest absolute Gasteiger partial charge is 0.225 e. The van der Waals surface area contributed by atoms with Gasteiger partial charge in [-0.2, -0.15) is 0 Å². The van der Waals surface area contributed by atoms with Gasteiger partial charge in [0.15, 0.2) is 5.96 Å². The van der Waals surface area contributed by atoms with Crippen LogP contribution in [-0.2, 0) is 11.2 Å². The van der Waals surface area contributed by atoms with Gasteiger partial charge in [0.25, 0.3) is 0 Å². The van der Waals surface area contributed by atoms with Crippen LogP contribution in [0.1, 0.15) is 12.5 Å². The maximum absolute atomic E-state index is 11.1. The van der Waals surface area contributed by atoms with Crippen molar-refractivity contribution < 1.29 is 4.79 Å². The van der Waals surface area contributed by atoms with E-state index in [9.17, 15) is 4.79 Å². The molecule has 1 aliphatic heterocycles. The minimum absolute atomic E-state index is 0. The van der Waals surface area contributed by atoms with Crippen molar-refractivity contribution in [3.05, 3.63) is 48.3 Å². The molecule has 156 valence electrons. The van der Waals surface area contributed by atoms with E-state index in [0.29, 0.717) is 0 Å². The Labute approximate surface area is 188 Å². The van der Waals surface area contributed by atoms with E-state index in [4.69, 9.17) is 0 Å². The van der Waals surface area contributed by atoms with Crippen LogP contribution < -0.4 is 15.5 Å². The first-order chi connectivity index (χ1) is 13.7. The summed E-state index contributed by atoms with van der Waals surface area (Å²) in [4.78, 5) is 28.6. The maximum atomic E-state index is 11.1. The van der Waals surface area contributed by atoms with Gasteiger partial charge in [-0.3, -0.25) is 9.79 Å². The van der Waals surface area contributed by atoms with E-state index in [0.717, 1.165) is 56.7 Å². The van der Waals surface area contributed by atoms with Gasteiger partial charge in [-0.15, -0.1) is 24.0 Å². The molecular formula is C20H28IN7O. The zero-order valence-corrected chi connectivity index (χ0v) is 19.2. The number of aromatic nitrogens is 2. The van der Waals surface area contributed by atoms with Gasteiger partial charge in [-0.25, -0.2) is 9.97 Å². The quantitative estimate of drug-likeness (QED) is 0.365.